The molecule has 0 atom stereocenters. The summed E-state index contributed by atoms with van der Waals surface area (Å²) in [6.07, 6.45) is 0. The minimum atomic E-state index is -3.51. The van der Waals surface area contributed by atoms with Crippen molar-refractivity contribution in [3.63, 3.8) is 0 Å². The molecule has 6 heteroatoms. The van der Waals surface area contributed by atoms with Crippen LogP contribution in [0.2, 0.25) is 0 Å². The number of hydrogen-bond acceptors (Lipinski definition) is 4. The van der Waals surface area contributed by atoms with E-state index < -0.39 is 9.84 Å². The third kappa shape index (κ3) is 3.07. The third-order valence-electron chi connectivity index (χ3n) is 3.73. The summed E-state index contributed by atoms with van der Waals surface area (Å²) in [5.41, 5.74) is 2.45. The Hall–Kier alpha value is -2.34. The molecule has 0 bridgehead atoms. The van der Waals surface area contributed by atoms with E-state index in [1.165, 1.54) is 0 Å². The number of aryl methyl sites for hydroxylation is 2. The summed E-state index contributed by atoms with van der Waals surface area (Å²) in [7, 11) is -1.80. The van der Waals surface area contributed by atoms with E-state index in [1.54, 1.807) is 17.7 Å². The number of ether oxygens (including phenoxy) is 1. The maximum absolute atomic E-state index is 12.5. The molecular formula is C17H18N2O3S. The van der Waals surface area contributed by atoms with Crippen molar-refractivity contribution in [2.24, 2.45) is 7.05 Å². The summed E-state index contributed by atoms with van der Waals surface area (Å²) < 4.78 is 32.3. The van der Waals surface area contributed by atoms with Gasteiger partial charge in [-0.2, -0.15) is 0 Å². The van der Waals surface area contributed by atoms with Crippen LogP contribution in [0, 0.1) is 6.92 Å². The second-order valence-electron chi connectivity index (χ2n) is 5.37. The number of para-hydroxylation sites is 3. The van der Waals surface area contributed by atoms with E-state index >= 15 is 0 Å². The highest BCUT2D eigenvalue weighted by Crippen LogP contribution is 2.20. The summed E-state index contributed by atoms with van der Waals surface area (Å²) in [5, 5.41) is 0.0760. The molecule has 0 unspecified atom stereocenters. The van der Waals surface area contributed by atoms with Gasteiger partial charge in [-0.3, -0.25) is 0 Å². The van der Waals surface area contributed by atoms with Crippen molar-refractivity contribution in [2.75, 3.05) is 12.4 Å². The first kappa shape index (κ1) is 15.6. The molecule has 0 aliphatic rings. The summed E-state index contributed by atoms with van der Waals surface area (Å²) >= 11 is 0. The van der Waals surface area contributed by atoms with Crippen molar-refractivity contribution in [3.8, 4) is 5.75 Å². The molecule has 0 saturated heterocycles. The molecule has 1 heterocycles. The fourth-order valence-corrected chi connectivity index (χ4v) is 3.71. The predicted molar refractivity (Wildman–Crippen MR) is 89.4 cm³/mol. The van der Waals surface area contributed by atoms with Gasteiger partial charge in [0.05, 0.1) is 16.8 Å². The molecule has 0 aliphatic carbocycles. The van der Waals surface area contributed by atoms with Crippen LogP contribution in [0.5, 0.6) is 5.75 Å². The Bertz CT molecular complexity index is 945. The summed E-state index contributed by atoms with van der Waals surface area (Å²) in [4.78, 5) is 4.25. The van der Waals surface area contributed by atoms with Gasteiger partial charge < -0.3 is 9.30 Å². The first-order valence-corrected chi connectivity index (χ1v) is 8.97. The Labute approximate surface area is 135 Å². The number of fused-ring (bicyclic) bond motifs is 1. The molecule has 0 radical (unpaired) electrons. The maximum Gasteiger partial charge on any atom is 0.228 e. The highest BCUT2D eigenvalue weighted by molar-refractivity contribution is 7.91. The van der Waals surface area contributed by atoms with Gasteiger partial charge in [0.1, 0.15) is 12.4 Å². The lowest BCUT2D eigenvalue weighted by molar-refractivity contribution is 0.338. The maximum atomic E-state index is 12.5. The Kier molecular flexibility index (Phi) is 4.09. The van der Waals surface area contributed by atoms with Crippen LogP contribution >= 0.6 is 0 Å². The van der Waals surface area contributed by atoms with Crippen LogP contribution in [0.1, 0.15) is 5.56 Å². The fraction of sp³-hybridized carbons (Fsp3) is 0.235. The zero-order valence-corrected chi connectivity index (χ0v) is 13.9. The zero-order chi connectivity index (χ0) is 16.4. The SMILES string of the molecule is Cc1ccccc1OCCS(=O)(=O)c1nc2ccccc2n1C. The molecule has 0 spiro atoms. The van der Waals surface area contributed by atoms with Crippen molar-refractivity contribution in [1.82, 2.24) is 9.55 Å². The second kappa shape index (κ2) is 6.04. The fourth-order valence-electron chi connectivity index (χ4n) is 2.47. The number of benzene rings is 2. The minimum Gasteiger partial charge on any atom is -0.492 e. The van der Waals surface area contributed by atoms with Crippen LogP contribution in [0.25, 0.3) is 11.0 Å². The van der Waals surface area contributed by atoms with Gasteiger partial charge in [-0.05, 0) is 30.7 Å². The quantitative estimate of drug-likeness (QED) is 0.722. The molecule has 5 nitrogen and oxygen atoms in total. The topological polar surface area (TPSA) is 61.2 Å². The molecule has 23 heavy (non-hydrogen) atoms. The van der Waals surface area contributed by atoms with Crippen LogP contribution in [-0.2, 0) is 16.9 Å². The van der Waals surface area contributed by atoms with Crippen molar-refractivity contribution in [2.45, 2.75) is 12.1 Å². The average Bonchev–Trinajstić information content (AvgIpc) is 2.88. The molecule has 0 fully saturated rings. The Morgan fingerprint density at radius 2 is 1.78 bits per heavy atom. The van der Waals surface area contributed by atoms with Gasteiger partial charge in [-0.25, -0.2) is 13.4 Å². The predicted octanol–water partition coefficient (Wildman–Crippen LogP) is 2.73. The lowest BCUT2D eigenvalue weighted by Crippen LogP contribution is -2.18. The smallest absolute Gasteiger partial charge is 0.228 e. The highest BCUT2D eigenvalue weighted by Gasteiger charge is 2.22. The van der Waals surface area contributed by atoms with Crippen molar-refractivity contribution >= 4 is 20.9 Å². The van der Waals surface area contributed by atoms with Gasteiger partial charge in [-0.1, -0.05) is 30.3 Å². The Morgan fingerprint density at radius 1 is 1.09 bits per heavy atom. The monoisotopic (exact) mass is 330 g/mol. The van der Waals surface area contributed by atoms with Crippen molar-refractivity contribution < 1.29 is 13.2 Å². The van der Waals surface area contributed by atoms with Gasteiger partial charge in [-0.15, -0.1) is 0 Å². The van der Waals surface area contributed by atoms with E-state index in [4.69, 9.17) is 4.74 Å². The van der Waals surface area contributed by atoms with E-state index in [-0.39, 0.29) is 17.5 Å². The second-order valence-corrected chi connectivity index (χ2v) is 7.38. The lowest BCUT2D eigenvalue weighted by atomic mass is 10.2. The van der Waals surface area contributed by atoms with Crippen LogP contribution in [0.4, 0.5) is 0 Å². The molecule has 3 rings (SSSR count). The first-order valence-electron chi connectivity index (χ1n) is 7.32. The number of sulfone groups is 1. The van der Waals surface area contributed by atoms with Crippen molar-refractivity contribution in [3.05, 3.63) is 54.1 Å². The van der Waals surface area contributed by atoms with Crippen LogP contribution in [0.3, 0.4) is 0 Å². The molecule has 1 aromatic heterocycles. The van der Waals surface area contributed by atoms with Gasteiger partial charge >= 0.3 is 0 Å². The van der Waals surface area contributed by atoms with Gasteiger partial charge in [0.15, 0.2) is 0 Å². The Morgan fingerprint density at radius 3 is 2.52 bits per heavy atom. The number of nitrogens with zero attached hydrogens (tertiary/aromatic N) is 2. The van der Waals surface area contributed by atoms with E-state index in [2.05, 4.69) is 4.98 Å². The molecule has 0 N–H and O–H groups in total. The molecular weight excluding hydrogens is 312 g/mol. The number of imidazole rings is 1. The molecule has 2 aromatic carbocycles. The van der Waals surface area contributed by atoms with E-state index in [0.717, 1.165) is 11.1 Å². The van der Waals surface area contributed by atoms with E-state index in [1.807, 2.05) is 49.4 Å². The van der Waals surface area contributed by atoms with Crippen LogP contribution < -0.4 is 4.74 Å². The highest BCUT2D eigenvalue weighted by atomic mass is 32.2. The van der Waals surface area contributed by atoms with Crippen LogP contribution in [-0.4, -0.2) is 30.3 Å². The number of hydrogen-bond donors (Lipinski definition) is 0. The normalized spacial score (nSPS) is 11.7. The van der Waals surface area contributed by atoms with Crippen molar-refractivity contribution in [1.29, 1.82) is 0 Å². The standard InChI is InChI=1S/C17H18N2O3S/c1-13-7-3-6-10-16(13)22-11-12-23(20,21)17-18-14-8-4-5-9-15(14)19(17)2/h3-10H,11-12H2,1-2H3. The van der Waals surface area contributed by atoms with Crippen LogP contribution in [0.15, 0.2) is 53.7 Å². The zero-order valence-electron chi connectivity index (χ0n) is 13.1. The summed E-state index contributed by atoms with van der Waals surface area (Å²) in [6, 6.07) is 14.9. The molecule has 3 aromatic rings. The summed E-state index contributed by atoms with van der Waals surface area (Å²) in [5.74, 6) is 0.589. The number of rotatable bonds is 5. The molecule has 0 aliphatic heterocycles. The largest absolute Gasteiger partial charge is 0.492 e. The minimum absolute atomic E-state index is 0.0760. The number of aromatic nitrogens is 2. The van der Waals surface area contributed by atoms with E-state index in [0.29, 0.717) is 11.3 Å². The average molecular weight is 330 g/mol. The Balaban J connectivity index is 1.78. The molecule has 120 valence electrons. The van der Waals surface area contributed by atoms with Gasteiger partial charge in [0.2, 0.25) is 15.0 Å². The summed E-state index contributed by atoms with van der Waals surface area (Å²) in [6.45, 7) is 2.02. The lowest BCUT2D eigenvalue weighted by Gasteiger charge is -2.09. The molecule has 0 amide bonds. The first-order chi connectivity index (χ1) is 11.0. The van der Waals surface area contributed by atoms with E-state index in [9.17, 15) is 8.42 Å². The third-order valence-corrected chi connectivity index (χ3v) is 5.35. The molecule has 0 saturated carbocycles. The van der Waals surface area contributed by atoms with Gasteiger partial charge in [0, 0.05) is 7.05 Å². The van der Waals surface area contributed by atoms with Gasteiger partial charge in [0.25, 0.3) is 0 Å².